The van der Waals surface area contributed by atoms with Gasteiger partial charge >= 0.3 is 0 Å². The predicted octanol–water partition coefficient (Wildman–Crippen LogP) is 2.81. The minimum atomic E-state index is 0.772. The monoisotopic (exact) mass is 193 g/mol. The maximum Gasteiger partial charge on any atom is 0.00728 e. The lowest BCUT2D eigenvalue weighted by Gasteiger charge is -2.30. The Labute approximate surface area is 87.7 Å². The highest BCUT2D eigenvalue weighted by atomic mass is 15.0. The summed E-state index contributed by atoms with van der Waals surface area (Å²) in [6, 6.07) is 1.56. The molecule has 0 amide bonds. The van der Waals surface area contributed by atoms with Gasteiger partial charge in [0.25, 0.3) is 0 Å². The number of fused-ring (bicyclic) bond motifs is 2. The summed E-state index contributed by atoms with van der Waals surface area (Å²) < 4.78 is 0. The van der Waals surface area contributed by atoms with Crippen molar-refractivity contribution in [1.29, 1.82) is 0 Å². The second-order valence-corrected chi connectivity index (χ2v) is 6.09. The second-order valence-electron chi connectivity index (χ2n) is 6.09. The molecule has 1 heteroatoms. The summed E-state index contributed by atoms with van der Waals surface area (Å²) in [6.45, 7) is 4.75. The number of rotatable bonds is 1. The van der Waals surface area contributed by atoms with E-state index in [1.165, 1.54) is 6.42 Å². The van der Waals surface area contributed by atoms with Gasteiger partial charge < -0.3 is 5.32 Å². The van der Waals surface area contributed by atoms with Gasteiger partial charge in [-0.15, -0.1) is 0 Å². The van der Waals surface area contributed by atoms with Crippen LogP contribution in [0.15, 0.2) is 0 Å². The van der Waals surface area contributed by atoms with E-state index < -0.39 is 0 Å². The first-order valence-corrected chi connectivity index (χ1v) is 6.50. The lowest BCUT2D eigenvalue weighted by molar-refractivity contribution is 0.214. The standard InChI is InChI=1S/C13H23N/c1-8-5-12(9(2)14-8)13-7-10-3-4-11(13)6-10/h8-14H,3-7H2,1-2H3. The lowest BCUT2D eigenvalue weighted by atomic mass is 9.76. The topological polar surface area (TPSA) is 12.0 Å². The van der Waals surface area contributed by atoms with Gasteiger partial charge in [-0.25, -0.2) is 0 Å². The van der Waals surface area contributed by atoms with E-state index in [1.54, 1.807) is 25.7 Å². The van der Waals surface area contributed by atoms with Crippen molar-refractivity contribution >= 4 is 0 Å². The fourth-order valence-electron chi connectivity index (χ4n) is 4.62. The van der Waals surface area contributed by atoms with Crippen LogP contribution in [-0.4, -0.2) is 12.1 Å². The van der Waals surface area contributed by atoms with Crippen LogP contribution in [0, 0.1) is 23.7 Å². The van der Waals surface area contributed by atoms with E-state index in [1.807, 2.05) is 0 Å². The minimum absolute atomic E-state index is 0.772. The van der Waals surface area contributed by atoms with Crippen molar-refractivity contribution in [3.63, 3.8) is 0 Å². The summed E-state index contributed by atoms with van der Waals surface area (Å²) in [4.78, 5) is 0. The molecule has 80 valence electrons. The van der Waals surface area contributed by atoms with E-state index in [4.69, 9.17) is 0 Å². The molecule has 6 atom stereocenters. The molecular weight excluding hydrogens is 170 g/mol. The molecule has 2 aliphatic carbocycles. The van der Waals surface area contributed by atoms with E-state index >= 15 is 0 Å². The van der Waals surface area contributed by atoms with Crippen molar-refractivity contribution < 1.29 is 0 Å². The Kier molecular flexibility index (Phi) is 2.12. The molecule has 3 fully saturated rings. The zero-order valence-electron chi connectivity index (χ0n) is 9.50. The molecule has 0 aromatic carbocycles. The van der Waals surface area contributed by atoms with Gasteiger partial charge in [-0.05, 0) is 63.2 Å². The molecule has 0 spiro atoms. The maximum absolute atomic E-state index is 3.70. The van der Waals surface area contributed by atoms with Crippen LogP contribution in [0.25, 0.3) is 0 Å². The first kappa shape index (κ1) is 9.21. The minimum Gasteiger partial charge on any atom is -0.311 e. The molecule has 6 unspecified atom stereocenters. The third-order valence-corrected chi connectivity index (χ3v) is 5.16. The summed E-state index contributed by atoms with van der Waals surface area (Å²) in [5.74, 6) is 4.31. The van der Waals surface area contributed by atoms with E-state index in [9.17, 15) is 0 Å². The van der Waals surface area contributed by atoms with E-state index in [0.717, 1.165) is 35.8 Å². The maximum atomic E-state index is 3.70. The lowest BCUT2D eigenvalue weighted by Crippen LogP contribution is -2.31. The van der Waals surface area contributed by atoms with Gasteiger partial charge in [0.2, 0.25) is 0 Å². The third-order valence-electron chi connectivity index (χ3n) is 5.16. The molecule has 3 rings (SSSR count). The van der Waals surface area contributed by atoms with Gasteiger partial charge in [0.15, 0.2) is 0 Å². The molecule has 0 aromatic heterocycles. The van der Waals surface area contributed by atoms with E-state index in [-0.39, 0.29) is 0 Å². The van der Waals surface area contributed by atoms with E-state index in [2.05, 4.69) is 19.2 Å². The Morgan fingerprint density at radius 3 is 2.29 bits per heavy atom. The molecule has 1 saturated heterocycles. The van der Waals surface area contributed by atoms with Crippen LogP contribution < -0.4 is 5.32 Å². The average molecular weight is 193 g/mol. The van der Waals surface area contributed by atoms with Crippen LogP contribution in [0.4, 0.5) is 0 Å². The third kappa shape index (κ3) is 1.32. The first-order valence-electron chi connectivity index (χ1n) is 6.50. The SMILES string of the molecule is CC1CC(C2CC3CCC2C3)C(C)N1. The van der Waals surface area contributed by atoms with Gasteiger partial charge in [0, 0.05) is 12.1 Å². The van der Waals surface area contributed by atoms with Crippen LogP contribution in [-0.2, 0) is 0 Å². The second kappa shape index (κ2) is 3.23. The Morgan fingerprint density at radius 2 is 1.79 bits per heavy atom. The summed E-state index contributed by atoms with van der Waals surface area (Å²) >= 11 is 0. The molecule has 0 aromatic rings. The Bertz CT molecular complexity index is 223. The van der Waals surface area contributed by atoms with Crippen LogP contribution in [0.1, 0.15) is 46.0 Å². The summed E-state index contributed by atoms with van der Waals surface area (Å²) in [7, 11) is 0. The molecular formula is C13H23N. The molecule has 2 saturated carbocycles. The van der Waals surface area contributed by atoms with Crippen LogP contribution in [0.3, 0.4) is 0 Å². The van der Waals surface area contributed by atoms with Crippen molar-refractivity contribution in [2.24, 2.45) is 23.7 Å². The molecule has 3 aliphatic rings. The number of hydrogen-bond donors (Lipinski definition) is 1. The molecule has 0 radical (unpaired) electrons. The van der Waals surface area contributed by atoms with Crippen LogP contribution in [0.2, 0.25) is 0 Å². The molecule has 2 bridgehead atoms. The Morgan fingerprint density at radius 1 is 0.929 bits per heavy atom. The predicted molar refractivity (Wildman–Crippen MR) is 59.1 cm³/mol. The largest absolute Gasteiger partial charge is 0.311 e. The molecule has 1 heterocycles. The van der Waals surface area contributed by atoms with Crippen molar-refractivity contribution in [2.45, 2.75) is 58.0 Å². The summed E-state index contributed by atoms with van der Waals surface area (Å²) in [5, 5.41) is 3.70. The zero-order valence-corrected chi connectivity index (χ0v) is 9.50. The average Bonchev–Trinajstić information content (AvgIpc) is 2.79. The number of nitrogens with one attached hydrogen (secondary N) is 1. The zero-order chi connectivity index (χ0) is 9.71. The van der Waals surface area contributed by atoms with Crippen molar-refractivity contribution in [1.82, 2.24) is 5.32 Å². The van der Waals surface area contributed by atoms with Gasteiger partial charge in [-0.3, -0.25) is 0 Å². The summed E-state index contributed by atoms with van der Waals surface area (Å²) in [6.07, 6.45) is 7.67. The Hall–Kier alpha value is -0.0400. The fraction of sp³-hybridized carbons (Fsp3) is 1.00. The normalized spacial score (nSPS) is 57.0. The smallest absolute Gasteiger partial charge is 0.00728 e. The van der Waals surface area contributed by atoms with E-state index in [0.29, 0.717) is 0 Å². The molecule has 14 heavy (non-hydrogen) atoms. The Balaban J connectivity index is 1.71. The molecule has 1 N–H and O–H groups in total. The quantitative estimate of drug-likeness (QED) is 0.675. The number of hydrogen-bond acceptors (Lipinski definition) is 1. The van der Waals surface area contributed by atoms with Gasteiger partial charge in [-0.1, -0.05) is 6.42 Å². The highest BCUT2D eigenvalue weighted by Gasteiger charge is 2.46. The van der Waals surface area contributed by atoms with Gasteiger partial charge in [0.05, 0.1) is 0 Å². The first-order chi connectivity index (χ1) is 6.74. The molecule has 1 nitrogen and oxygen atoms in total. The summed E-state index contributed by atoms with van der Waals surface area (Å²) in [5.41, 5.74) is 0. The highest BCUT2D eigenvalue weighted by molar-refractivity contribution is 4.98. The highest BCUT2D eigenvalue weighted by Crippen LogP contribution is 2.53. The van der Waals surface area contributed by atoms with Crippen molar-refractivity contribution in [2.75, 3.05) is 0 Å². The molecule has 1 aliphatic heterocycles. The van der Waals surface area contributed by atoms with Crippen molar-refractivity contribution in [3.8, 4) is 0 Å². The van der Waals surface area contributed by atoms with Gasteiger partial charge in [-0.2, -0.15) is 0 Å². The van der Waals surface area contributed by atoms with Crippen LogP contribution in [0.5, 0.6) is 0 Å². The fourth-order valence-corrected chi connectivity index (χ4v) is 4.62. The van der Waals surface area contributed by atoms with Gasteiger partial charge in [0.1, 0.15) is 0 Å². The van der Waals surface area contributed by atoms with Crippen LogP contribution >= 0.6 is 0 Å². The van der Waals surface area contributed by atoms with Crippen molar-refractivity contribution in [3.05, 3.63) is 0 Å².